The first-order valence-corrected chi connectivity index (χ1v) is 8.63. The molecular formula is C21H23N3O2. The SMILES string of the molecule is CCOC(=O)c1c(-c2cc(C)c(C#N)c(C)c2C)c(C#N)c(CC)n1C. The van der Waals surface area contributed by atoms with Gasteiger partial charge in [0, 0.05) is 18.3 Å². The number of hydrogen-bond acceptors (Lipinski definition) is 4. The summed E-state index contributed by atoms with van der Waals surface area (Å²) in [4.78, 5) is 12.7. The van der Waals surface area contributed by atoms with E-state index in [2.05, 4.69) is 12.1 Å². The number of benzene rings is 1. The van der Waals surface area contributed by atoms with E-state index < -0.39 is 5.97 Å². The first-order chi connectivity index (χ1) is 12.3. The Labute approximate surface area is 154 Å². The van der Waals surface area contributed by atoms with Crippen molar-refractivity contribution in [2.24, 2.45) is 7.05 Å². The van der Waals surface area contributed by atoms with Gasteiger partial charge in [0.15, 0.2) is 0 Å². The Hall–Kier alpha value is -3.05. The van der Waals surface area contributed by atoms with Crippen molar-refractivity contribution in [1.29, 1.82) is 10.5 Å². The van der Waals surface area contributed by atoms with E-state index in [9.17, 15) is 15.3 Å². The van der Waals surface area contributed by atoms with Gasteiger partial charge in [-0.3, -0.25) is 0 Å². The second-order valence-corrected chi connectivity index (χ2v) is 6.27. The molecular weight excluding hydrogens is 326 g/mol. The number of rotatable bonds is 4. The van der Waals surface area contributed by atoms with Crippen LogP contribution in [0, 0.1) is 43.4 Å². The Morgan fingerprint density at radius 1 is 1.12 bits per heavy atom. The van der Waals surface area contributed by atoms with Gasteiger partial charge >= 0.3 is 5.97 Å². The summed E-state index contributed by atoms with van der Waals surface area (Å²) in [6, 6.07) is 6.40. The zero-order valence-electron chi connectivity index (χ0n) is 16.1. The standard InChI is InChI=1S/C21H23N3O2/c1-7-18-17(11-23)19(20(24(18)6)21(25)26-8-2)15-9-12(3)16(10-22)14(5)13(15)4/h9H,7-8H2,1-6H3. The molecule has 1 aromatic carbocycles. The summed E-state index contributed by atoms with van der Waals surface area (Å²) in [6.45, 7) is 9.65. The lowest BCUT2D eigenvalue weighted by Gasteiger charge is -2.14. The van der Waals surface area contributed by atoms with Crippen molar-refractivity contribution in [3.8, 4) is 23.3 Å². The highest BCUT2D eigenvalue weighted by Crippen LogP contribution is 2.37. The van der Waals surface area contributed by atoms with Crippen LogP contribution in [-0.4, -0.2) is 17.1 Å². The highest BCUT2D eigenvalue weighted by Gasteiger charge is 2.28. The van der Waals surface area contributed by atoms with E-state index in [0.29, 0.717) is 28.8 Å². The van der Waals surface area contributed by atoms with E-state index in [4.69, 9.17) is 4.74 Å². The van der Waals surface area contributed by atoms with E-state index in [-0.39, 0.29) is 6.61 Å². The molecule has 0 unspecified atom stereocenters. The van der Waals surface area contributed by atoms with Gasteiger partial charge in [-0.2, -0.15) is 10.5 Å². The number of nitrogens with zero attached hydrogens (tertiary/aromatic N) is 3. The minimum absolute atomic E-state index is 0.261. The van der Waals surface area contributed by atoms with Crippen LogP contribution in [0.2, 0.25) is 0 Å². The highest BCUT2D eigenvalue weighted by molar-refractivity contribution is 5.99. The van der Waals surface area contributed by atoms with Gasteiger partial charge in [0.1, 0.15) is 11.8 Å². The van der Waals surface area contributed by atoms with Crippen molar-refractivity contribution < 1.29 is 9.53 Å². The lowest BCUT2D eigenvalue weighted by Crippen LogP contribution is -2.12. The third-order valence-corrected chi connectivity index (χ3v) is 4.91. The van der Waals surface area contributed by atoms with Crippen LogP contribution in [0.15, 0.2) is 6.07 Å². The predicted octanol–water partition coefficient (Wildman–Crippen LogP) is 4.10. The average Bonchev–Trinajstić information content (AvgIpc) is 2.90. The van der Waals surface area contributed by atoms with Crippen LogP contribution in [0.3, 0.4) is 0 Å². The van der Waals surface area contributed by atoms with Crippen molar-refractivity contribution >= 4 is 5.97 Å². The molecule has 0 fully saturated rings. The molecule has 0 aliphatic carbocycles. The third-order valence-electron chi connectivity index (χ3n) is 4.91. The lowest BCUT2D eigenvalue weighted by atomic mass is 9.89. The number of ether oxygens (including phenoxy) is 1. The Balaban J connectivity index is 2.97. The summed E-state index contributed by atoms with van der Waals surface area (Å²) in [5.74, 6) is -0.444. The molecule has 1 heterocycles. The van der Waals surface area contributed by atoms with Crippen LogP contribution < -0.4 is 0 Å². The third kappa shape index (κ3) is 2.86. The fraction of sp³-hybridized carbons (Fsp3) is 0.381. The molecule has 0 saturated heterocycles. The molecule has 26 heavy (non-hydrogen) atoms. The molecule has 5 heteroatoms. The zero-order valence-corrected chi connectivity index (χ0v) is 16.1. The quantitative estimate of drug-likeness (QED) is 0.778. The summed E-state index contributed by atoms with van der Waals surface area (Å²) >= 11 is 0. The second kappa shape index (κ2) is 7.45. The maximum Gasteiger partial charge on any atom is 0.355 e. The number of aryl methyl sites for hydroxylation is 1. The maximum absolute atomic E-state index is 12.7. The predicted molar refractivity (Wildman–Crippen MR) is 99.8 cm³/mol. The van der Waals surface area contributed by atoms with E-state index in [1.54, 1.807) is 18.5 Å². The number of hydrogen-bond donors (Lipinski definition) is 0. The molecule has 2 aromatic rings. The highest BCUT2D eigenvalue weighted by atomic mass is 16.5. The molecule has 1 aromatic heterocycles. The van der Waals surface area contributed by atoms with E-state index >= 15 is 0 Å². The molecule has 134 valence electrons. The number of carbonyl (C=O) groups is 1. The van der Waals surface area contributed by atoms with Crippen LogP contribution in [0.25, 0.3) is 11.1 Å². The van der Waals surface area contributed by atoms with Crippen molar-refractivity contribution in [3.05, 3.63) is 45.3 Å². The number of esters is 1. The van der Waals surface area contributed by atoms with Gasteiger partial charge in [0.2, 0.25) is 0 Å². The number of nitriles is 2. The summed E-state index contributed by atoms with van der Waals surface area (Å²) in [7, 11) is 1.79. The molecule has 0 amide bonds. The van der Waals surface area contributed by atoms with Crippen molar-refractivity contribution in [1.82, 2.24) is 4.57 Å². The Kier molecular flexibility index (Phi) is 5.53. The van der Waals surface area contributed by atoms with Gasteiger partial charge in [-0.15, -0.1) is 0 Å². The first kappa shape index (κ1) is 19.3. The van der Waals surface area contributed by atoms with Crippen LogP contribution >= 0.6 is 0 Å². The molecule has 0 saturated carbocycles. The van der Waals surface area contributed by atoms with Crippen LogP contribution in [0.4, 0.5) is 0 Å². The van der Waals surface area contributed by atoms with Crippen molar-refractivity contribution in [2.75, 3.05) is 6.61 Å². The van der Waals surface area contributed by atoms with Crippen LogP contribution in [-0.2, 0) is 18.2 Å². The van der Waals surface area contributed by atoms with Gasteiger partial charge in [-0.1, -0.05) is 6.92 Å². The van der Waals surface area contributed by atoms with Crippen molar-refractivity contribution in [3.63, 3.8) is 0 Å². The lowest BCUT2D eigenvalue weighted by molar-refractivity contribution is 0.0516. The number of carbonyl (C=O) groups excluding carboxylic acids is 1. The molecule has 0 spiro atoms. The Bertz CT molecular complexity index is 969. The summed E-state index contributed by atoms with van der Waals surface area (Å²) in [5.41, 5.74) is 6.28. The fourth-order valence-corrected chi connectivity index (χ4v) is 3.48. The number of aromatic nitrogens is 1. The average molecular weight is 349 g/mol. The smallest absolute Gasteiger partial charge is 0.355 e. The second-order valence-electron chi connectivity index (χ2n) is 6.27. The van der Waals surface area contributed by atoms with Crippen LogP contribution in [0.1, 0.15) is 57.8 Å². The minimum atomic E-state index is -0.444. The van der Waals surface area contributed by atoms with Gasteiger partial charge in [0.25, 0.3) is 0 Å². The minimum Gasteiger partial charge on any atom is -0.461 e. The largest absolute Gasteiger partial charge is 0.461 e. The molecule has 0 radical (unpaired) electrons. The summed E-state index contributed by atoms with van der Waals surface area (Å²) in [5, 5.41) is 19.2. The summed E-state index contributed by atoms with van der Waals surface area (Å²) in [6.07, 6.45) is 0.624. The molecule has 0 aliphatic rings. The molecule has 0 N–H and O–H groups in total. The normalized spacial score (nSPS) is 10.3. The first-order valence-electron chi connectivity index (χ1n) is 8.63. The monoisotopic (exact) mass is 349 g/mol. The van der Waals surface area contributed by atoms with Gasteiger partial charge in [0.05, 0.1) is 23.8 Å². The molecule has 0 atom stereocenters. The van der Waals surface area contributed by atoms with E-state index in [0.717, 1.165) is 27.9 Å². The summed E-state index contributed by atoms with van der Waals surface area (Å²) < 4.78 is 7.01. The fourth-order valence-electron chi connectivity index (χ4n) is 3.48. The van der Waals surface area contributed by atoms with E-state index in [1.165, 1.54) is 0 Å². The van der Waals surface area contributed by atoms with Gasteiger partial charge in [-0.25, -0.2) is 4.79 Å². The Morgan fingerprint density at radius 2 is 1.73 bits per heavy atom. The molecule has 2 rings (SSSR count). The van der Waals surface area contributed by atoms with Crippen LogP contribution in [0.5, 0.6) is 0 Å². The zero-order chi connectivity index (χ0) is 19.6. The van der Waals surface area contributed by atoms with E-state index in [1.807, 2.05) is 33.8 Å². The maximum atomic E-state index is 12.7. The topological polar surface area (TPSA) is 78.8 Å². The van der Waals surface area contributed by atoms with Gasteiger partial charge < -0.3 is 9.30 Å². The molecule has 5 nitrogen and oxygen atoms in total. The molecule has 0 bridgehead atoms. The van der Waals surface area contributed by atoms with Gasteiger partial charge in [-0.05, 0) is 62.4 Å². The van der Waals surface area contributed by atoms with Crippen molar-refractivity contribution in [2.45, 2.75) is 41.0 Å². The Morgan fingerprint density at radius 3 is 2.23 bits per heavy atom. The molecule has 0 aliphatic heterocycles.